The summed E-state index contributed by atoms with van der Waals surface area (Å²) < 4.78 is 4.71. The van der Waals surface area contributed by atoms with Gasteiger partial charge in [-0.3, -0.25) is 14.3 Å². The van der Waals surface area contributed by atoms with Gasteiger partial charge in [0.05, 0.1) is 13.2 Å². The van der Waals surface area contributed by atoms with Crippen LogP contribution in [0.5, 0.6) is 0 Å². The lowest BCUT2D eigenvalue weighted by atomic mass is 10.1. The lowest BCUT2D eigenvalue weighted by Crippen LogP contribution is -2.50. The summed E-state index contributed by atoms with van der Waals surface area (Å²) >= 11 is 5.65. The first-order chi connectivity index (χ1) is 12.5. The molecule has 1 aromatic heterocycles. The molecule has 26 heavy (non-hydrogen) atoms. The molecule has 0 saturated carbocycles. The molecule has 0 radical (unpaired) electrons. The zero-order valence-corrected chi connectivity index (χ0v) is 16.6. The van der Waals surface area contributed by atoms with Crippen molar-refractivity contribution in [1.29, 1.82) is 0 Å². The highest BCUT2D eigenvalue weighted by atomic mass is 32.1. The van der Waals surface area contributed by atoms with Crippen molar-refractivity contribution in [1.82, 2.24) is 24.1 Å². The average molecular weight is 374 g/mol. The third-order valence-corrected chi connectivity index (χ3v) is 5.23. The quantitative estimate of drug-likeness (QED) is 0.756. The van der Waals surface area contributed by atoms with E-state index in [4.69, 9.17) is 12.2 Å². The molecule has 0 N–H and O–H groups in total. The van der Waals surface area contributed by atoms with Crippen molar-refractivity contribution in [3.8, 4) is 0 Å². The molecule has 140 valence electrons. The van der Waals surface area contributed by atoms with Crippen molar-refractivity contribution in [3.05, 3.63) is 46.5 Å². The van der Waals surface area contributed by atoms with Crippen LogP contribution in [0.1, 0.15) is 25.2 Å². The van der Waals surface area contributed by atoms with Gasteiger partial charge in [-0.2, -0.15) is 5.10 Å². The van der Waals surface area contributed by atoms with E-state index in [9.17, 15) is 4.79 Å². The fourth-order valence-corrected chi connectivity index (χ4v) is 3.55. The molecule has 2 aromatic rings. The van der Waals surface area contributed by atoms with Gasteiger partial charge in [0.25, 0.3) is 0 Å². The molecule has 1 amide bonds. The van der Waals surface area contributed by atoms with Crippen LogP contribution in [0.15, 0.2) is 30.3 Å². The minimum absolute atomic E-state index is 0.0616. The van der Waals surface area contributed by atoms with Gasteiger partial charge >= 0.3 is 0 Å². The summed E-state index contributed by atoms with van der Waals surface area (Å²) in [7, 11) is 0. The molecule has 0 unspecified atom stereocenters. The number of nitrogens with zero attached hydrogens (tertiary/aromatic N) is 5. The largest absolute Gasteiger partial charge is 0.340 e. The van der Waals surface area contributed by atoms with Gasteiger partial charge < -0.3 is 4.90 Å². The van der Waals surface area contributed by atoms with Crippen LogP contribution < -0.4 is 0 Å². The van der Waals surface area contributed by atoms with E-state index in [1.165, 1.54) is 5.56 Å². The summed E-state index contributed by atoms with van der Waals surface area (Å²) in [6, 6.07) is 10.3. The van der Waals surface area contributed by atoms with Gasteiger partial charge in [-0.15, -0.1) is 0 Å². The van der Waals surface area contributed by atoms with E-state index in [1.54, 1.807) is 0 Å². The zero-order valence-electron chi connectivity index (χ0n) is 15.8. The van der Waals surface area contributed by atoms with E-state index < -0.39 is 0 Å². The Bertz CT molecular complexity index is 803. The van der Waals surface area contributed by atoms with Gasteiger partial charge in [-0.25, -0.2) is 4.68 Å². The third-order valence-electron chi connectivity index (χ3n) is 4.80. The van der Waals surface area contributed by atoms with Gasteiger partial charge in [0.15, 0.2) is 4.77 Å². The summed E-state index contributed by atoms with van der Waals surface area (Å²) in [6.45, 7) is 10.6. The minimum Gasteiger partial charge on any atom is -0.340 e. The Kier molecular flexibility index (Phi) is 5.88. The number of piperazine rings is 1. The van der Waals surface area contributed by atoms with Gasteiger partial charge in [0.1, 0.15) is 5.82 Å². The van der Waals surface area contributed by atoms with E-state index in [0.29, 0.717) is 6.67 Å². The molecule has 0 bridgehead atoms. The van der Waals surface area contributed by atoms with Crippen LogP contribution >= 0.6 is 12.2 Å². The maximum Gasteiger partial charge on any atom is 0.225 e. The lowest BCUT2D eigenvalue weighted by molar-refractivity contribution is -0.136. The summed E-state index contributed by atoms with van der Waals surface area (Å²) in [5.41, 5.74) is 1.21. The van der Waals surface area contributed by atoms with Gasteiger partial charge in [-0.05, 0) is 24.7 Å². The summed E-state index contributed by atoms with van der Waals surface area (Å²) in [5.74, 6) is 1.23. The monoisotopic (exact) mass is 373 g/mol. The van der Waals surface area contributed by atoms with E-state index >= 15 is 0 Å². The summed E-state index contributed by atoms with van der Waals surface area (Å²) in [6.07, 6.45) is 0. The average Bonchev–Trinajstić information content (AvgIpc) is 2.90. The van der Waals surface area contributed by atoms with Crippen molar-refractivity contribution in [2.75, 3.05) is 26.2 Å². The van der Waals surface area contributed by atoms with Crippen molar-refractivity contribution < 1.29 is 4.79 Å². The summed E-state index contributed by atoms with van der Waals surface area (Å²) in [4.78, 5) is 16.4. The Morgan fingerprint density at radius 1 is 1.15 bits per heavy atom. The number of hydrogen-bond donors (Lipinski definition) is 0. The second-order valence-electron chi connectivity index (χ2n) is 7.14. The highest BCUT2D eigenvalue weighted by Gasteiger charge is 2.23. The number of carbonyl (C=O) groups excluding carboxylic acids is 1. The van der Waals surface area contributed by atoms with E-state index in [1.807, 2.05) is 48.6 Å². The Balaban J connectivity index is 1.64. The number of aromatic nitrogens is 3. The first-order valence-electron chi connectivity index (χ1n) is 9.15. The Morgan fingerprint density at radius 3 is 2.42 bits per heavy atom. The lowest BCUT2D eigenvalue weighted by Gasteiger charge is -2.35. The number of amides is 1. The summed E-state index contributed by atoms with van der Waals surface area (Å²) in [5, 5.41) is 4.64. The molecule has 1 fully saturated rings. The fourth-order valence-electron chi connectivity index (χ4n) is 3.25. The second-order valence-corrected chi connectivity index (χ2v) is 7.51. The van der Waals surface area contributed by atoms with Crippen LogP contribution in [0.25, 0.3) is 0 Å². The number of benzene rings is 1. The molecule has 1 aliphatic rings. The number of aryl methyl sites for hydroxylation is 1. The maximum absolute atomic E-state index is 12.1. The Hall–Kier alpha value is -1.99. The normalized spacial score (nSPS) is 15.6. The SMILES string of the molecule is Cc1nn(CN2CCN(C(=O)C(C)C)CC2)c(=S)n1Cc1ccccc1. The Labute approximate surface area is 160 Å². The molecule has 0 atom stereocenters. The van der Waals surface area contributed by atoms with Gasteiger partial charge in [-0.1, -0.05) is 44.2 Å². The molecule has 0 aliphatic carbocycles. The number of hydrogen-bond acceptors (Lipinski definition) is 4. The van der Waals surface area contributed by atoms with Gasteiger partial charge in [0, 0.05) is 32.1 Å². The van der Waals surface area contributed by atoms with Crippen LogP contribution in [0, 0.1) is 17.6 Å². The van der Waals surface area contributed by atoms with Crippen LogP contribution in [-0.2, 0) is 18.0 Å². The number of carbonyl (C=O) groups is 1. The van der Waals surface area contributed by atoms with E-state index in [-0.39, 0.29) is 11.8 Å². The van der Waals surface area contributed by atoms with Crippen LogP contribution in [0.4, 0.5) is 0 Å². The first kappa shape index (κ1) is 18.8. The molecule has 6 nitrogen and oxygen atoms in total. The standard InChI is InChI=1S/C19H27N5OS/c1-15(2)18(25)22-11-9-21(10-12-22)14-24-19(26)23(16(3)20-24)13-17-7-5-4-6-8-17/h4-8,15H,9-14H2,1-3H3. The molecule has 2 heterocycles. The minimum atomic E-state index is 0.0616. The molecular formula is C19H27N5OS. The van der Waals surface area contributed by atoms with Crippen LogP contribution in [0.2, 0.25) is 0 Å². The molecule has 0 spiro atoms. The molecule has 7 heteroatoms. The topological polar surface area (TPSA) is 46.3 Å². The zero-order chi connectivity index (χ0) is 18.7. The second kappa shape index (κ2) is 8.14. The van der Waals surface area contributed by atoms with Crippen molar-refractivity contribution in [3.63, 3.8) is 0 Å². The van der Waals surface area contributed by atoms with Crippen LogP contribution in [0.3, 0.4) is 0 Å². The van der Waals surface area contributed by atoms with E-state index in [0.717, 1.165) is 43.3 Å². The molecular weight excluding hydrogens is 346 g/mol. The molecule has 3 rings (SSSR count). The molecule has 1 aromatic carbocycles. The third kappa shape index (κ3) is 4.22. The molecule has 1 aliphatic heterocycles. The van der Waals surface area contributed by atoms with E-state index in [2.05, 4.69) is 26.7 Å². The predicted molar refractivity (Wildman–Crippen MR) is 104 cm³/mol. The highest BCUT2D eigenvalue weighted by Crippen LogP contribution is 2.11. The number of rotatable bonds is 5. The van der Waals surface area contributed by atoms with Crippen LogP contribution in [-0.4, -0.2) is 56.2 Å². The van der Waals surface area contributed by atoms with Gasteiger partial charge in [0.2, 0.25) is 5.91 Å². The van der Waals surface area contributed by atoms with Crippen molar-refractivity contribution >= 4 is 18.1 Å². The molecule has 1 saturated heterocycles. The highest BCUT2D eigenvalue weighted by molar-refractivity contribution is 7.71. The first-order valence-corrected chi connectivity index (χ1v) is 9.56. The van der Waals surface area contributed by atoms with Crippen molar-refractivity contribution in [2.45, 2.75) is 34.0 Å². The maximum atomic E-state index is 12.1. The fraction of sp³-hybridized carbons (Fsp3) is 0.526. The smallest absolute Gasteiger partial charge is 0.225 e. The Morgan fingerprint density at radius 2 is 1.81 bits per heavy atom. The predicted octanol–water partition coefficient (Wildman–Crippen LogP) is 2.53. The van der Waals surface area contributed by atoms with Crippen molar-refractivity contribution in [2.24, 2.45) is 5.92 Å².